The predicted molar refractivity (Wildman–Crippen MR) is 78.9 cm³/mol. The molecule has 0 aromatic carbocycles. The third-order valence-electron chi connectivity index (χ3n) is 4.10. The zero-order chi connectivity index (χ0) is 14.7. The van der Waals surface area contributed by atoms with Gasteiger partial charge in [-0.15, -0.1) is 0 Å². The zero-order valence-electron chi connectivity index (χ0n) is 11.7. The van der Waals surface area contributed by atoms with Gasteiger partial charge in [-0.05, 0) is 30.9 Å². The van der Waals surface area contributed by atoms with Gasteiger partial charge in [0.1, 0.15) is 11.3 Å². The van der Waals surface area contributed by atoms with E-state index in [2.05, 4.69) is 20.3 Å². The SMILES string of the molecule is O=C(O)C1CCCCC1CNc1ccc2nccnc2n1. The number of hydrogen-bond acceptors (Lipinski definition) is 5. The van der Waals surface area contributed by atoms with E-state index in [0.717, 1.165) is 37.0 Å². The number of rotatable bonds is 4. The molecule has 3 rings (SSSR count). The molecular formula is C15H18N4O2. The smallest absolute Gasteiger partial charge is 0.306 e. The fraction of sp³-hybridized carbons (Fsp3) is 0.467. The van der Waals surface area contributed by atoms with E-state index in [4.69, 9.17) is 0 Å². The second kappa shape index (κ2) is 6.03. The van der Waals surface area contributed by atoms with Crippen molar-refractivity contribution in [1.29, 1.82) is 0 Å². The summed E-state index contributed by atoms with van der Waals surface area (Å²) in [6, 6.07) is 3.73. The topological polar surface area (TPSA) is 88.0 Å². The summed E-state index contributed by atoms with van der Waals surface area (Å²) < 4.78 is 0. The van der Waals surface area contributed by atoms with Crippen LogP contribution in [0.1, 0.15) is 25.7 Å². The lowest BCUT2D eigenvalue weighted by atomic mass is 9.79. The lowest BCUT2D eigenvalue weighted by Crippen LogP contribution is -2.31. The Bertz CT molecular complexity index is 646. The Morgan fingerprint density at radius 2 is 2.05 bits per heavy atom. The number of nitrogens with one attached hydrogen (secondary N) is 1. The van der Waals surface area contributed by atoms with Crippen molar-refractivity contribution in [3.8, 4) is 0 Å². The minimum atomic E-state index is -0.682. The normalized spacial score (nSPS) is 22.1. The molecule has 2 aromatic rings. The molecule has 2 N–H and O–H groups in total. The van der Waals surface area contributed by atoms with E-state index in [1.54, 1.807) is 12.4 Å². The molecule has 2 unspecified atom stereocenters. The van der Waals surface area contributed by atoms with Crippen LogP contribution in [0.4, 0.5) is 5.82 Å². The Kier molecular flexibility index (Phi) is 3.94. The standard InChI is InChI=1S/C15H18N4O2/c20-15(21)11-4-2-1-3-10(11)9-18-13-6-5-12-14(19-13)17-8-7-16-12/h5-8,10-11H,1-4,9H2,(H,20,21)(H,17,18,19). The quantitative estimate of drug-likeness (QED) is 0.896. The number of anilines is 1. The van der Waals surface area contributed by atoms with E-state index in [1.807, 2.05) is 12.1 Å². The van der Waals surface area contributed by atoms with Gasteiger partial charge in [0, 0.05) is 18.9 Å². The number of carboxylic acid groups (broad SMARTS) is 1. The fourth-order valence-electron chi connectivity index (χ4n) is 2.97. The van der Waals surface area contributed by atoms with Gasteiger partial charge in [-0.1, -0.05) is 12.8 Å². The summed E-state index contributed by atoms with van der Waals surface area (Å²) in [5.74, 6) is -0.0429. The maximum atomic E-state index is 11.3. The molecule has 1 saturated carbocycles. The second-order valence-electron chi connectivity index (χ2n) is 5.47. The van der Waals surface area contributed by atoms with Gasteiger partial charge in [0.2, 0.25) is 0 Å². The summed E-state index contributed by atoms with van der Waals surface area (Å²) in [6.45, 7) is 0.635. The summed E-state index contributed by atoms with van der Waals surface area (Å²) in [5.41, 5.74) is 1.35. The summed E-state index contributed by atoms with van der Waals surface area (Å²) in [6.07, 6.45) is 7.09. The number of carbonyl (C=O) groups is 1. The average Bonchev–Trinajstić information content (AvgIpc) is 2.53. The molecule has 2 aromatic heterocycles. The molecule has 1 aliphatic rings. The molecular weight excluding hydrogens is 268 g/mol. The van der Waals surface area contributed by atoms with E-state index >= 15 is 0 Å². The van der Waals surface area contributed by atoms with Crippen LogP contribution in [0.5, 0.6) is 0 Å². The van der Waals surface area contributed by atoms with Crippen LogP contribution in [0.2, 0.25) is 0 Å². The van der Waals surface area contributed by atoms with E-state index in [9.17, 15) is 9.90 Å². The van der Waals surface area contributed by atoms with Crippen molar-refractivity contribution in [2.24, 2.45) is 11.8 Å². The summed E-state index contributed by atoms with van der Waals surface area (Å²) in [5, 5.41) is 12.5. The van der Waals surface area contributed by atoms with Crippen molar-refractivity contribution < 1.29 is 9.90 Å². The molecule has 1 fully saturated rings. The van der Waals surface area contributed by atoms with Crippen LogP contribution < -0.4 is 5.32 Å². The third kappa shape index (κ3) is 3.09. The number of hydrogen-bond donors (Lipinski definition) is 2. The molecule has 0 amide bonds. The molecule has 110 valence electrons. The van der Waals surface area contributed by atoms with E-state index in [1.165, 1.54) is 0 Å². The first-order valence-corrected chi connectivity index (χ1v) is 7.28. The van der Waals surface area contributed by atoms with Gasteiger partial charge < -0.3 is 10.4 Å². The monoisotopic (exact) mass is 286 g/mol. The highest BCUT2D eigenvalue weighted by Gasteiger charge is 2.30. The molecule has 6 heteroatoms. The number of nitrogens with zero attached hydrogens (tertiary/aromatic N) is 3. The highest BCUT2D eigenvalue weighted by molar-refractivity contribution is 5.72. The Balaban J connectivity index is 1.69. The van der Waals surface area contributed by atoms with Crippen LogP contribution in [0.25, 0.3) is 11.2 Å². The van der Waals surface area contributed by atoms with Crippen LogP contribution in [-0.2, 0) is 4.79 Å². The van der Waals surface area contributed by atoms with Gasteiger partial charge in [0.05, 0.1) is 5.92 Å². The van der Waals surface area contributed by atoms with Crippen molar-refractivity contribution >= 4 is 23.0 Å². The van der Waals surface area contributed by atoms with Crippen molar-refractivity contribution in [1.82, 2.24) is 15.0 Å². The second-order valence-corrected chi connectivity index (χ2v) is 5.47. The molecule has 0 saturated heterocycles. The lowest BCUT2D eigenvalue weighted by molar-refractivity contribution is -0.144. The Labute approximate surface area is 122 Å². The lowest BCUT2D eigenvalue weighted by Gasteiger charge is -2.28. The van der Waals surface area contributed by atoms with Crippen LogP contribution >= 0.6 is 0 Å². The van der Waals surface area contributed by atoms with Crippen LogP contribution in [-0.4, -0.2) is 32.6 Å². The van der Waals surface area contributed by atoms with Gasteiger partial charge in [-0.3, -0.25) is 9.78 Å². The van der Waals surface area contributed by atoms with Crippen molar-refractivity contribution in [3.63, 3.8) is 0 Å². The first-order chi connectivity index (χ1) is 10.2. The fourth-order valence-corrected chi connectivity index (χ4v) is 2.97. The first kappa shape index (κ1) is 13.7. The van der Waals surface area contributed by atoms with Gasteiger partial charge in [0.25, 0.3) is 0 Å². The molecule has 0 bridgehead atoms. The van der Waals surface area contributed by atoms with E-state index < -0.39 is 5.97 Å². The summed E-state index contributed by atoms with van der Waals surface area (Å²) >= 11 is 0. The Morgan fingerprint density at radius 1 is 1.24 bits per heavy atom. The van der Waals surface area contributed by atoms with Gasteiger partial charge in [-0.2, -0.15) is 0 Å². The highest BCUT2D eigenvalue weighted by atomic mass is 16.4. The van der Waals surface area contributed by atoms with Gasteiger partial charge in [-0.25, -0.2) is 9.97 Å². The average molecular weight is 286 g/mol. The molecule has 0 spiro atoms. The molecule has 2 atom stereocenters. The van der Waals surface area contributed by atoms with E-state index in [-0.39, 0.29) is 11.8 Å². The largest absolute Gasteiger partial charge is 0.481 e. The molecule has 0 aliphatic heterocycles. The number of fused-ring (bicyclic) bond motifs is 1. The van der Waals surface area contributed by atoms with Crippen molar-refractivity contribution in [2.45, 2.75) is 25.7 Å². The molecule has 6 nitrogen and oxygen atoms in total. The number of aromatic nitrogens is 3. The van der Waals surface area contributed by atoms with E-state index in [0.29, 0.717) is 12.2 Å². The molecule has 0 radical (unpaired) electrons. The number of pyridine rings is 1. The molecule has 1 aliphatic carbocycles. The van der Waals surface area contributed by atoms with Crippen molar-refractivity contribution in [2.75, 3.05) is 11.9 Å². The van der Waals surface area contributed by atoms with Crippen LogP contribution in [0.15, 0.2) is 24.5 Å². The zero-order valence-corrected chi connectivity index (χ0v) is 11.7. The maximum Gasteiger partial charge on any atom is 0.306 e. The minimum absolute atomic E-state index is 0.163. The maximum absolute atomic E-state index is 11.3. The Morgan fingerprint density at radius 3 is 2.90 bits per heavy atom. The van der Waals surface area contributed by atoms with Crippen LogP contribution in [0.3, 0.4) is 0 Å². The Hall–Kier alpha value is -2.24. The highest BCUT2D eigenvalue weighted by Crippen LogP contribution is 2.30. The third-order valence-corrected chi connectivity index (χ3v) is 4.10. The summed E-state index contributed by atoms with van der Waals surface area (Å²) in [4.78, 5) is 24.0. The molecule has 21 heavy (non-hydrogen) atoms. The van der Waals surface area contributed by atoms with Gasteiger partial charge in [0.15, 0.2) is 5.65 Å². The molecule has 2 heterocycles. The van der Waals surface area contributed by atoms with Crippen LogP contribution in [0, 0.1) is 11.8 Å². The van der Waals surface area contributed by atoms with Gasteiger partial charge >= 0.3 is 5.97 Å². The minimum Gasteiger partial charge on any atom is -0.481 e. The number of carboxylic acids is 1. The number of aliphatic carboxylic acids is 1. The van der Waals surface area contributed by atoms with Crippen molar-refractivity contribution in [3.05, 3.63) is 24.5 Å². The predicted octanol–water partition coefficient (Wildman–Crippen LogP) is 2.33. The summed E-state index contributed by atoms with van der Waals surface area (Å²) in [7, 11) is 0. The first-order valence-electron chi connectivity index (χ1n) is 7.28.